The second-order valence-electron chi connectivity index (χ2n) is 7.42. The highest BCUT2D eigenvalue weighted by molar-refractivity contribution is 5.82. The molecule has 4 heteroatoms. The fraction of sp³-hybridized carbons (Fsp3) is 0.500. The van der Waals surface area contributed by atoms with Crippen LogP contribution in [0.1, 0.15) is 40.0 Å². The summed E-state index contributed by atoms with van der Waals surface area (Å²) in [7, 11) is 0. The largest absolute Gasteiger partial charge is 0.455 e. The standard InChI is InChI=1S/C20H26O4/c1-14-7-5-11-20(4)12-9-16(17(14)18(22)24-20)15(13-21)8-6-10-19(2,3)23/h5-6,8,10-11,13,16-17,23H,1,7,9,12H2,2-4H3/b10-6+,11-5-,15-8-/t16?,17-,20+/m1/s1. The number of hydrogen-bond acceptors (Lipinski definition) is 4. The Hall–Kier alpha value is -1.94. The molecule has 2 bridgehead atoms. The molecule has 1 unspecified atom stereocenters. The van der Waals surface area contributed by atoms with Gasteiger partial charge in [-0.1, -0.05) is 36.5 Å². The van der Waals surface area contributed by atoms with Gasteiger partial charge in [-0.3, -0.25) is 9.59 Å². The van der Waals surface area contributed by atoms with Crippen molar-refractivity contribution in [3.63, 3.8) is 0 Å². The van der Waals surface area contributed by atoms with Gasteiger partial charge in [0.05, 0.1) is 11.5 Å². The average Bonchev–Trinajstić information content (AvgIpc) is 2.54. The molecule has 4 nitrogen and oxygen atoms in total. The predicted octanol–water partition coefficient (Wildman–Crippen LogP) is 3.28. The van der Waals surface area contributed by atoms with E-state index in [0.29, 0.717) is 24.8 Å². The number of ether oxygens (including phenoxy) is 1. The first kappa shape index (κ1) is 18.4. The lowest BCUT2D eigenvalue weighted by Gasteiger charge is -2.28. The minimum Gasteiger partial charge on any atom is -0.455 e. The Bertz CT molecular complexity index is 618. The van der Waals surface area contributed by atoms with E-state index >= 15 is 0 Å². The maximum absolute atomic E-state index is 12.6. The molecule has 2 rings (SSSR count). The van der Waals surface area contributed by atoms with Gasteiger partial charge in [0.1, 0.15) is 11.9 Å². The minimum atomic E-state index is -0.957. The van der Waals surface area contributed by atoms with Crippen LogP contribution in [0, 0.1) is 11.8 Å². The molecule has 2 aliphatic rings. The summed E-state index contributed by atoms with van der Waals surface area (Å²) >= 11 is 0. The molecular weight excluding hydrogens is 304 g/mol. The summed E-state index contributed by atoms with van der Waals surface area (Å²) < 4.78 is 5.67. The van der Waals surface area contributed by atoms with E-state index < -0.39 is 17.1 Å². The van der Waals surface area contributed by atoms with Crippen LogP contribution >= 0.6 is 0 Å². The molecule has 0 aromatic carbocycles. The van der Waals surface area contributed by atoms with Crippen molar-refractivity contribution < 1.29 is 19.4 Å². The molecule has 0 aromatic heterocycles. The Kier molecular flexibility index (Phi) is 5.29. The molecule has 0 aliphatic carbocycles. The van der Waals surface area contributed by atoms with Crippen molar-refractivity contribution in [2.24, 2.45) is 11.8 Å². The summed E-state index contributed by atoms with van der Waals surface area (Å²) in [5.41, 5.74) is -0.280. The quantitative estimate of drug-likeness (QED) is 0.282. The number of hydrogen-bond donors (Lipinski definition) is 1. The van der Waals surface area contributed by atoms with Gasteiger partial charge in [0.15, 0.2) is 0 Å². The summed E-state index contributed by atoms with van der Waals surface area (Å²) in [6, 6.07) is 0. The third kappa shape index (κ3) is 4.32. The summed E-state index contributed by atoms with van der Waals surface area (Å²) in [5.74, 6) is -1.08. The first-order valence-electron chi connectivity index (χ1n) is 8.30. The number of aldehydes is 1. The first-order valence-corrected chi connectivity index (χ1v) is 8.30. The molecule has 24 heavy (non-hydrogen) atoms. The number of rotatable bonds is 4. The summed E-state index contributed by atoms with van der Waals surface area (Å²) in [5, 5.41) is 9.75. The van der Waals surface area contributed by atoms with Crippen LogP contribution in [0.15, 0.2) is 48.1 Å². The summed E-state index contributed by atoms with van der Waals surface area (Å²) in [6.07, 6.45) is 11.6. The minimum absolute atomic E-state index is 0.254. The third-order valence-electron chi connectivity index (χ3n) is 4.59. The topological polar surface area (TPSA) is 63.6 Å². The molecule has 0 saturated carbocycles. The molecule has 0 aromatic rings. The predicted molar refractivity (Wildman–Crippen MR) is 93.2 cm³/mol. The molecule has 130 valence electrons. The molecular formula is C20H26O4. The van der Waals surface area contributed by atoms with Crippen molar-refractivity contribution in [1.29, 1.82) is 0 Å². The van der Waals surface area contributed by atoms with Gasteiger partial charge in [-0.15, -0.1) is 0 Å². The Morgan fingerprint density at radius 3 is 2.83 bits per heavy atom. The highest BCUT2D eigenvalue weighted by Gasteiger charge is 2.42. The second-order valence-corrected chi connectivity index (χ2v) is 7.42. The van der Waals surface area contributed by atoms with Crippen LogP contribution < -0.4 is 0 Å². The lowest BCUT2D eigenvalue weighted by Crippen LogP contribution is -2.32. The number of carbonyl (C=O) groups excluding carboxylic acids is 2. The number of allylic oxidation sites excluding steroid dienone is 4. The maximum atomic E-state index is 12.6. The number of aliphatic hydroxyl groups is 1. The highest BCUT2D eigenvalue weighted by atomic mass is 16.6. The van der Waals surface area contributed by atoms with Gasteiger partial charge in [0, 0.05) is 5.92 Å². The van der Waals surface area contributed by atoms with Crippen LogP contribution in [0.5, 0.6) is 0 Å². The lowest BCUT2D eigenvalue weighted by atomic mass is 9.78. The highest BCUT2D eigenvalue weighted by Crippen LogP contribution is 2.41. The molecule has 0 radical (unpaired) electrons. The molecule has 1 N–H and O–H groups in total. The van der Waals surface area contributed by atoms with Gasteiger partial charge in [0.25, 0.3) is 0 Å². The zero-order chi connectivity index (χ0) is 18.0. The van der Waals surface area contributed by atoms with E-state index in [2.05, 4.69) is 6.58 Å². The van der Waals surface area contributed by atoms with Crippen molar-refractivity contribution in [3.05, 3.63) is 48.1 Å². The van der Waals surface area contributed by atoms with Crippen LogP contribution in [-0.2, 0) is 14.3 Å². The summed E-state index contributed by atoms with van der Waals surface area (Å²) in [6.45, 7) is 9.25. The van der Waals surface area contributed by atoms with E-state index in [1.54, 1.807) is 32.1 Å². The number of esters is 1. The molecule has 1 fully saturated rings. The van der Waals surface area contributed by atoms with Crippen molar-refractivity contribution >= 4 is 12.3 Å². The van der Waals surface area contributed by atoms with Crippen LogP contribution in [0.4, 0.5) is 0 Å². The Balaban J connectivity index is 2.39. The monoisotopic (exact) mass is 330 g/mol. The SMILES string of the molecule is C=C1C/C=C\[C@@]2(C)CCC(/C(C=O)=C\C=C\C(C)(C)O)[C@@H]1C(=O)O2. The van der Waals surface area contributed by atoms with Crippen molar-refractivity contribution in [2.45, 2.75) is 51.2 Å². The second kappa shape index (κ2) is 6.89. The first-order chi connectivity index (χ1) is 11.2. The fourth-order valence-electron chi connectivity index (χ4n) is 3.28. The molecule has 0 amide bonds. The molecule has 2 aliphatic heterocycles. The van der Waals surface area contributed by atoms with E-state index in [1.807, 2.05) is 19.1 Å². The molecule has 1 saturated heterocycles. The Morgan fingerprint density at radius 1 is 1.50 bits per heavy atom. The summed E-state index contributed by atoms with van der Waals surface area (Å²) in [4.78, 5) is 24.3. The lowest BCUT2D eigenvalue weighted by molar-refractivity contribution is -0.156. The van der Waals surface area contributed by atoms with E-state index in [4.69, 9.17) is 4.74 Å². The van der Waals surface area contributed by atoms with Crippen LogP contribution in [-0.4, -0.2) is 28.6 Å². The van der Waals surface area contributed by atoms with E-state index in [0.717, 1.165) is 11.9 Å². The smallest absolute Gasteiger partial charge is 0.314 e. The van der Waals surface area contributed by atoms with Gasteiger partial charge in [0.2, 0.25) is 0 Å². The normalized spacial score (nSPS) is 32.9. The fourth-order valence-corrected chi connectivity index (χ4v) is 3.28. The van der Waals surface area contributed by atoms with Gasteiger partial charge in [-0.2, -0.15) is 0 Å². The molecule has 0 spiro atoms. The number of fused-ring (bicyclic) bond motifs is 3. The van der Waals surface area contributed by atoms with Crippen LogP contribution in [0.3, 0.4) is 0 Å². The third-order valence-corrected chi connectivity index (χ3v) is 4.59. The van der Waals surface area contributed by atoms with Gasteiger partial charge < -0.3 is 9.84 Å². The zero-order valence-electron chi connectivity index (χ0n) is 14.6. The van der Waals surface area contributed by atoms with Crippen molar-refractivity contribution in [1.82, 2.24) is 0 Å². The number of carbonyl (C=O) groups is 2. The molecule has 3 atom stereocenters. The van der Waals surface area contributed by atoms with Crippen molar-refractivity contribution in [2.75, 3.05) is 0 Å². The Morgan fingerprint density at radius 2 is 2.21 bits per heavy atom. The van der Waals surface area contributed by atoms with E-state index in [-0.39, 0.29) is 11.9 Å². The van der Waals surface area contributed by atoms with Crippen molar-refractivity contribution in [3.8, 4) is 0 Å². The van der Waals surface area contributed by atoms with Crippen LogP contribution in [0.25, 0.3) is 0 Å². The zero-order valence-corrected chi connectivity index (χ0v) is 14.6. The maximum Gasteiger partial charge on any atom is 0.314 e. The van der Waals surface area contributed by atoms with Gasteiger partial charge in [-0.25, -0.2) is 0 Å². The molecule has 2 heterocycles. The van der Waals surface area contributed by atoms with Gasteiger partial charge in [-0.05, 0) is 51.7 Å². The average molecular weight is 330 g/mol. The van der Waals surface area contributed by atoms with E-state index in [1.165, 1.54) is 0 Å². The van der Waals surface area contributed by atoms with E-state index in [9.17, 15) is 14.7 Å². The van der Waals surface area contributed by atoms with Gasteiger partial charge >= 0.3 is 5.97 Å². The Labute approximate surface area is 143 Å². The van der Waals surface area contributed by atoms with Crippen LogP contribution in [0.2, 0.25) is 0 Å².